The van der Waals surface area contributed by atoms with Gasteiger partial charge in [0.2, 0.25) is 0 Å². The maximum Gasteiger partial charge on any atom is 0.0110 e. The highest BCUT2D eigenvalue weighted by atomic mass is 32.2. The molecule has 0 saturated carbocycles. The van der Waals surface area contributed by atoms with E-state index in [1.54, 1.807) is 0 Å². The van der Waals surface area contributed by atoms with Gasteiger partial charge >= 0.3 is 0 Å². The van der Waals surface area contributed by atoms with Crippen LogP contribution in [0.4, 0.5) is 0 Å². The molecule has 0 amide bonds. The fraction of sp³-hybridized carbons (Fsp3) is 0.571. The average Bonchev–Trinajstić information content (AvgIpc) is 2.24. The molecule has 0 bridgehead atoms. The molecule has 0 nitrogen and oxygen atoms in total. The first-order valence-electron chi connectivity index (χ1n) is 5.92. The van der Waals surface area contributed by atoms with Gasteiger partial charge in [-0.1, -0.05) is 50.3 Å². The lowest BCUT2D eigenvalue weighted by Gasteiger charge is -2.18. The topological polar surface area (TPSA) is 0 Å². The summed E-state index contributed by atoms with van der Waals surface area (Å²) in [5, 5.41) is 0. The maximum absolute atomic E-state index is 2.42. The van der Waals surface area contributed by atoms with Crippen molar-refractivity contribution < 1.29 is 0 Å². The van der Waals surface area contributed by atoms with Crippen molar-refractivity contribution in [1.29, 1.82) is 0 Å². The van der Waals surface area contributed by atoms with Crippen LogP contribution in [-0.2, 0) is 0 Å². The third-order valence-corrected chi connectivity index (χ3v) is 3.82. The Morgan fingerprint density at radius 3 is 2.73 bits per heavy atom. The summed E-state index contributed by atoms with van der Waals surface area (Å²) in [5.41, 5.74) is 1.45. The first-order valence-corrected chi connectivity index (χ1v) is 6.74. The Labute approximate surface area is 98.5 Å². The minimum atomic E-state index is 0.645. The first-order chi connectivity index (χ1) is 7.17. The molecule has 0 fully saturated rings. The van der Waals surface area contributed by atoms with Crippen molar-refractivity contribution in [3.8, 4) is 0 Å². The van der Waals surface area contributed by atoms with E-state index in [1.807, 2.05) is 11.8 Å². The molecule has 1 unspecified atom stereocenters. The maximum atomic E-state index is 2.42. The Bertz CT molecular complexity index is 294. The van der Waals surface area contributed by atoms with E-state index in [4.69, 9.17) is 0 Å². The van der Waals surface area contributed by atoms with Gasteiger partial charge in [-0.15, -0.1) is 0 Å². The van der Waals surface area contributed by atoms with E-state index in [0.717, 1.165) is 0 Å². The van der Waals surface area contributed by atoms with Crippen LogP contribution in [0, 0.1) is 5.92 Å². The molecule has 0 aromatic rings. The smallest absolute Gasteiger partial charge is 0.0110 e. The van der Waals surface area contributed by atoms with Gasteiger partial charge in [0.15, 0.2) is 0 Å². The second-order valence-electron chi connectivity index (χ2n) is 4.16. The summed E-state index contributed by atoms with van der Waals surface area (Å²) in [5.74, 6) is 0.645. The molecule has 1 aliphatic heterocycles. The highest BCUT2D eigenvalue weighted by Crippen LogP contribution is 2.37. The molecule has 1 heterocycles. The Hall–Kier alpha value is -0.430. The summed E-state index contributed by atoms with van der Waals surface area (Å²) in [6.45, 7) is 8.93. The Morgan fingerprint density at radius 2 is 2.13 bits per heavy atom. The normalized spacial score (nSPS) is 22.4. The second-order valence-corrected chi connectivity index (χ2v) is 5.45. The second kappa shape index (κ2) is 6.22. The van der Waals surface area contributed by atoms with Crippen LogP contribution in [0.25, 0.3) is 0 Å². The van der Waals surface area contributed by atoms with E-state index in [9.17, 15) is 0 Å². The Morgan fingerprint density at radius 1 is 1.40 bits per heavy atom. The molecular weight excluding hydrogens is 200 g/mol. The van der Waals surface area contributed by atoms with Gasteiger partial charge < -0.3 is 0 Å². The van der Waals surface area contributed by atoms with Crippen molar-refractivity contribution in [2.24, 2.45) is 5.92 Å². The van der Waals surface area contributed by atoms with Crippen LogP contribution >= 0.6 is 11.8 Å². The Kier molecular flexibility index (Phi) is 5.24. The van der Waals surface area contributed by atoms with E-state index in [0.29, 0.717) is 5.92 Å². The number of thioether (sulfide) groups is 1. The summed E-state index contributed by atoms with van der Waals surface area (Å²) in [6, 6.07) is 0. The van der Waals surface area contributed by atoms with Crippen LogP contribution in [0.5, 0.6) is 0 Å². The van der Waals surface area contributed by atoms with Crippen molar-refractivity contribution in [2.75, 3.05) is 0 Å². The zero-order valence-electron chi connectivity index (χ0n) is 10.3. The van der Waals surface area contributed by atoms with Crippen LogP contribution in [0.2, 0.25) is 0 Å². The van der Waals surface area contributed by atoms with Gasteiger partial charge in [-0.05, 0) is 43.1 Å². The average molecular weight is 222 g/mol. The number of hydrogen-bond donors (Lipinski definition) is 0. The predicted octanol–water partition coefficient (Wildman–Crippen LogP) is 5.29. The zero-order chi connectivity index (χ0) is 11.3. The van der Waals surface area contributed by atoms with Gasteiger partial charge in [0, 0.05) is 4.91 Å². The minimum Gasteiger partial charge on any atom is -0.0952 e. The third kappa shape index (κ3) is 3.90. The standard InChI is InChI=1S/C14H22S/c1-5-7-8-11(3)14-10-13(6-2)9-12(4)15-14/h8-10,13H,5-7H2,1-4H3/b11-8+. The van der Waals surface area contributed by atoms with Gasteiger partial charge in [0.05, 0.1) is 0 Å². The lowest BCUT2D eigenvalue weighted by Crippen LogP contribution is -1.98. The van der Waals surface area contributed by atoms with Gasteiger partial charge in [-0.2, -0.15) is 0 Å². The number of hydrogen-bond acceptors (Lipinski definition) is 1. The van der Waals surface area contributed by atoms with Crippen LogP contribution < -0.4 is 0 Å². The molecule has 0 N–H and O–H groups in total. The van der Waals surface area contributed by atoms with E-state index in [1.165, 1.54) is 34.6 Å². The molecule has 15 heavy (non-hydrogen) atoms. The fourth-order valence-electron chi connectivity index (χ4n) is 1.69. The van der Waals surface area contributed by atoms with Crippen molar-refractivity contribution in [3.63, 3.8) is 0 Å². The fourth-order valence-corrected chi connectivity index (χ4v) is 2.77. The summed E-state index contributed by atoms with van der Waals surface area (Å²) in [4.78, 5) is 2.92. The predicted molar refractivity (Wildman–Crippen MR) is 71.9 cm³/mol. The SMILES string of the molecule is CCC/C=C(\C)C1=CC(CC)C=C(C)S1. The number of unbranched alkanes of at least 4 members (excludes halogenated alkanes) is 1. The summed E-state index contributed by atoms with van der Waals surface area (Å²) in [7, 11) is 0. The molecule has 0 aromatic carbocycles. The van der Waals surface area contributed by atoms with Crippen LogP contribution in [0.3, 0.4) is 0 Å². The van der Waals surface area contributed by atoms with E-state index in [2.05, 4.69) is 45.9 Å². The quantitative estimate of drug-likeness (QED) is 0.622. The molecular formula is C14H22S. The highest BCUT2D eigenvalue weighted by Gasteiger charge is 2.12. The largest absolute Gasteiger partial charge is 0.0952 e. The van der Waals surface area contributed by atoms with E-state index >= 15 is 0 Å². The minimum absolute atomic E-state index is 0.645. The van der Waals surface area contributed by atoms with Crippen LogP contribution in [0.15, 0.2) is 33.6 Å². The van der Waals surface area contributed by atoms with E-state index in [-0.39, 0.29) is 0 Å². The molecule has 1 atom stereocenters. The Balaban J connectivity index is 2.74. The van der Waals surface area contributed by atoms with Crippen molar-refractivity contribution in [3.05, 3.63) is 33.6 Å². The summed E-state index contributed by atoms with van der Waals surface area (Å²) >= 11 is 1.92. The molecule has 0 saturated heterocycles. The van der Waals surface area contributed by atoms with Gasteiger partial charge in [-0.3, -0.25) is 0 Å². The summed E-state index contributed by atoms with van der Waals surface area (Å²) < 4.78 is 0. The summed E-state index contributed by atoms with van der Waals surface area (Å²) in [6.07, 6.45) is 10.8. The molecule has 0 spiro atoms. The third-order valence-electron chi connectivity index (χ3n) is 2.68. The van der Waals surface area contributed by atoms with Crippen LogP contribution in [-0.4, -0.2) is 0 Å². The number of allylic oxidation sites excluding steroid dienone is 5. The molecule has 0 radical (unpaired) electrons. The van der Waals surface area contributed by atoms with Gasteiger partial charge in [-0.25, -0.2) is 0 Å². The lowest BCUT2D eigenvalue weighted by atomic mass is 10.0. The highest BCUT2D eigenvalue weighted by molar-refractivity contribution is 8.07. The van der Waals surface area contributed by atoms with Gasteiger partial charge in [0.25, 0.3) is 0 Å². The van der Waals surface area contributed by atoms with Gasteiger partial charge in [0.1, 0.15) is 0 Å². The van der Waals surface area contributed by atoms with Crippen molar-refractivity contribution in [1.82, 2.24) is 0 Å². The molecule has 1 heteroatoms. The van der Waals surface area contributed by atoms with Crippen molar-refractivity contribution >= 4 is 11.8 Å². The lowest BCUT2D eigenvalue weighted by molar-refractivity contribution is 0.767. The van der Waals surface area contributed by atoms with Crippen molar-refractivity contribution in [2.45, 2.75) is 47.0 Å². The first kappa shape index (κ1) is 12.6. The molecule has 84 valence electrons. The monoisotopic (exact) mass is 222 g/mol. The van der Waals surface area contributed by atoms with Crippen LogP contribution in [0.1, 0.15) is 47.0 Å². The molecule has 0 aromatic heterocycles. The molecule has 1 aliphatic rings. The molecule has 0 aliphatic carbocycles. The number of rotatable bonds is 4. The zero-order valence-corrected chi connectivity index (χ0v) is 11.2. The van der Waals surface area contributed by atoms with E-state index < -0.39 is 0 Å². The molecule has 1 rings (SSSR count).